The molecule has 0 amide bonds. The van der Waals surface area contributed by atoms with Crippen LogP contribution in [0.5, 0.6) is 0 Å². The molecular weight excluding hydrogens is 1100 g/mol. The average molecular weight is 1200 g/mol. The van der Waals surface area contributed by atoms with Gasteiger partial charge in [0.2, 0.25) is 0 Å². The lowest BCUT2D eigenvalue weighted by Gasteiger charge is -2.71. The van der Waals surface area contributed by atoms with Gasteiger partial charge in [-0.05, 0) is 124 Å². The number of aliphatic hydroxyl groups excluding tert-OH is 14. The molecule has 0 aromatic carbocycles. The van der Waals surface area contributed by atoms with E-state index in [1.165, 1.54) is 0 Å². The van der Waals surface area contributed by atoms with Crippen LogP contribution in [-0.4, -0.2) is 256 Å². The quantitative estimate of drug-likeness (QED) is 0.0283. The van der Waals surface area contributed by atoms with Crippen molar-refractivity contribution in [2.45, 2.75) is 260 Å². The zero-order valence-electron chi connectivity index (χ0n) is 48.7. The maximum absolute atomic E-state index is 12.9. The van der Waals surface area contributed by atoms with Crippen LogP contribution in [0.1, 0.15) is 120 Å². The van der Waals surface area contributed by atoms with Gasteiger partial charge in [-0.25, -0.2) is 0 Å². The van der Waals surface area contributed by atoms with Crippen LogP contribution < -0.4 is 0 Å². The summed E-state index contributed by atoms with van der Waals surface area (Å²) in [6.45, 7) is 14.3. The molecule has 0 aromatic heterocycles. The van der Waals surface area contributed by atoms with E-state index >= 15 is 0 Å². The van der Waals surface area contributed by atoms with Crippen LogP contribution in [-0.2, 0) is 52.2 Å². The predicted octanol–water partition coefficient (Wildman–Crippen LogP) is -2.18. The van der Waals surface area contributed by atoms with Crippen LogP contribution in [0.25, 0.3) is 0 Å². The number of rotatable bonds is 19. The summed E-state index contributed by atoms with van der Waals surface area (Å²) in [6.07, 6.45) is -28.1. The van der Waals surface area contributed by atoms with E-state index in [4.69, 9.17) is 47.7 Å². The zero-order chi connectivity index (χ0) is 61.2. The predicted molar refractivity (Wildman–Crippen MR) is 282 cm³/mol. The Bertz CT molecular complexity index is 2240. The van der Waals surface area contributed by atoms with Crippen molar-refractivity contribution in [2.75, 3.05) is 26.4 Å². The molecule has 0 radical (unpaired) electrons. The minimum absolute atomic E-state index is 0.00720. The van der Waals surface area contributed by atoms with Gasteiger partial charge in [-0.3, -0.25) is 9.59 Å². The Hall–Kier alpha value is -2.20. The van der Waals surface area contributed by atoms with Gasteiger partial charge in [0.15, 0.2) is 25.2 Å². The third-order valence-electron chi connectivity index (χ3n) is 21.4. The second kappa shape index (κ2) is 25.7. The fourth-order valence-electron chi connectivity index (χ4n) is 16.6. The minimum Gasteiger partial charge on any atom is -0.481 e. The third kappa shape index (κ3) is 12.5. The lowest BCUT2D eigenvalue weighted by molar-refractivity contribution is -0.378. The molecule has 0 unspecified atom stereocenters. The lowest BCUT2D eigenvalue weighted by atomic mass is 9.35. The second-order valence-electron chi connectivity index (χ2n) is 26.8. The van der Waals surface area contributed by atoms with E-state index in [0.29, 0.717) is 38.5 Å². The number of aliphatic carboxylic acids is 1. The molecule has 4 aliphatic heterocycles. The third-order valence-corrected chi connectivity index (χ3v) is 21.4. The molecule has 0 spiro atoms. The molecule has 0 bridgehead atoms. The van der Waals surface area contributed by atoms with Crippen molar-refractivity contribution in [3.63, 3.8) is 0 Å². The minimum atomic E-state index is -1.95. The van der Waals surface area contributed by atoms with Gasteiger partial charge in [0.05, 0.1) is 37.6 Å². The molecule has 8 aliphatic rings. The van der Waals surface area contributed by atoms with Crippen LogP contribution in [0, 0.1) is 45.3 Å². The van der Waals surface area contributed by atoms with Gasteiger partial charge in [0, 0.05) is 0 Å². The summed E-state index contributed by atoms with van der Waals surface area (Å²) < 4.78 is 54.1. The Morgan fingerprint density at radius 2 is 1.12 bits per heavy atom. The maximum Gasteiger partial charge on any atom is 0.317 e. The highest BCUT2D eigenvalue weighted by molar-refractivity contribution is 5.90. The first kappa shape index (κ1) is 66.7. The highest BCUT2D eigenvalue weighted by atomic mass is 16.8. The van der Waals surface area contributed by atoms with E-state index in [1.54, 1.807) is 0 Å². The molecule has 478 valence electrons. The van der Waals surface area contributed by atoms with Gasteiger partial charge in [0.1, 0.15) is 111 Å². The number of allylic oxidation sites excluding steroid dienone is 2. The first-order valence-electron chi connectivity index (χ1n) is 29.4. The standard InChI is InChI=1S/C57H94O26/c1-24(2)10-9-14-57(8,83-51-47(74)43(70)40(67)30(80-51)23-76-49-45(72)41(68)37(64)27(20-58)77-49)25-11-16-56(7)36(25)26(60)18-32-54(5)15-13-33(53(3,4)31(54)12-17-55(32,56)6)81-52-48(44(71)38(65)28(21-59)78-52)82-50-46(73)42(69)39(66)29(79-50)22-75-35(63)19-34(61)62/h10,25-33,36-52,58-60,64-74H,9,11-23H2,1-8H3,(H,61,62)/t25-,26+,27+,28+,29+,30+,31+,32+,33-,36-,37+,38+,39+,40+,41-,42-,43-,44-,45+,46+,47+,48+,49+,50-,51-,52-,54-,55+,56+,57-/m0/s1. The number of hydrogen-bond acceptors (Lipinski definition) is 25. The number of aliphatic hydroxyl groups is 14. The van der Waals surface area contributed by atoms with E-state index in [9.17, 15) is 81.1 Å². The average Bonchev–Trinajstić information content (AvgIpc) is 1.74. The first-order chi connectivity index (χ1) is 38.8. The Labute approximate surface area is 483 Å². The summed E-state index contributed by atoms with van der Waals surface area (Å²) in [5.74, 6) is -3.27. The lowest BCUT2D eigenvalue weighted by Crippen LogP contribution is -2.68. The number of ether oxygens (including phenoxy) is 9. The van der Waals surface area contributed by atoms with Crippen LogP contribution >= 0.6 is 0 Å². The highest BCUT2D eigenvalue weighted by Gasteiger charge is 2.72. The summed E-state index contributed by atoms with van der Waals surface area (Å²) >= 11 is 0. The van der Waals surface area contributed by atoms with Crippen molar-refractivity contribution < 1.29 is 129 Å². The van der Waals surface area contributed by atoms with Crippen LogP contribution in [0.2, 0.25) is 0 Å². The summed E-state index contributed by atoms with van der Waals surface area (Å²) in [7, 11) is 0. The molecule has 4 saturated heterocycles. The smallest absolute Gasteiger partial charge is 0.317 e. The molecule has 8 fully saturated rings. The molecule has 0 aromatic rings. The monoisotopic (exact) mass is 1190 g/mol. The van der Waals surface area contributed by atoms with E-state index in [-0.39, 0.29) is 34.5 Å². The maximum atomic E-state index is 12.9. The van der Waals surface area contributed by atoms with Crippen LogP contribution in [0.3, 0.4) is 0 Å². The topological polar surface area (TPSA) is 421 Å². The van der Waals surface area contributed by atoms with E-state index < -0.39 is 196 Å². The molecule has 15 N–H and O–H groups in total. The summed E-state index contributed by atoms with van der Waals surface area (Å²) in [6, 6.07) is 0. The number of carboxylic acids is 1. The molecule has 4 aliphatic carbocycles. The number of carbonyl (C=O) groups is 2. The molecule has 4 saturated carbocycles. The van der Waals surface area contributed by atoms with Crippen molar-refractivity contribution in [1.29, 1.82) is 0 Å². The normalized spacial score (nSPS) is 49.6. The van der Waals surface area contributed by atoms with Crippen molar-refractivity contribution in [2.24, 2.45) is 45.3 Å². The Kier molecular flexibility index (Phi) is 20.7. The second-order valence-corrected chi connectivity index (χ2v) is 26.8. The van der Waals surface area contributed by atoms with Crippen LogP contribution in [0.15, 0.2) is 11.6 Å². The Morgan fingerprint density at radius 1 is 0.590 bits per heavy atom. The van der Waals surface area contributed by atoms with Crippen molar-refractivity contribution in [1.82, 2.24) is 0 Å². The van der Waals surface area contributed by atoms with Gasteiger partial charge < -0.3 is 119 Å². The fourth-order valence-corrected chi connectivity index (χ4v) is 16.6. The summed E-state index contributed by atoms with van der Waals surface area (Å²) in [5, 5.41) is 162. The van der Waals surface area contributed by atoms with Crippen molar-refractivity contribution >= 4 is 11.9 Å². The number of carbonyl (C=O) groups excluding carboxylic acids is 1. The van der Waals surface area contributed by atoms with Crippen molar-refractivity contribution in [3.05, 3.63) is 11.6 Å². The highest BCUT2D eigenvalue weighted by Crippen LogP contribution is 2.76. The van der Waals surface area contributed by atoms with E-state index in [1.807, 2.05) is 20.8 Å². The number of hydrogen-bond donors (Lipinski definition) is 15. The molecule has 83 heavy (non-hydrogen) atoms. The van der Waals surface area contributed by atoms with Gasteiger partial charge in [-0.15, -0.1) is 0 Å². The zero-order valence-corrected chi connectivity index (χ0v) is 48.7. The van der Waals surface area contributed by atoms with Gasteiger partial charge >= 0.3 is 11.9 Å². The molecular formula is C57H94O26. The SMILES string of the molecule is CC(C)=CCC[C@](C)(O[C@@H]1O[C@H](CO[C@@H]2O[C@H](CO)[C@@H](O)[C@H](O)[C@H]2O)[C@@H](O)[C@H](O)[C@H]1O)[C@H]1CC[C@]2(C)[C@@H]1[C@H](O)C[C@@H]1[C@@]3(C)CC[C@H](O[C@@H]4O[C@H](CO)[C@@H](O)[C@H](O)[C@H]4O[C@@H]4O[C@H](COC(=O)CC(=O)O)[C@@H](O)[C@H](O)[C@H]4O)C(C)(C)[C@H]3CC[C@]12C. The number of carboxylic acid groups (broad SMARTS) is 1. The molecule has 4 heterocycles. The molecule has 30 atom stereocenters. The van der Waals surface area contributed by atoms with Gasteiger partial charge in [-0.1, -0.05) is 46.3 Å². The number of fused-ring (bicyclic) bond motifs is 5. The van der Waals surface area contributed by atoms with Crippen molar-refractivity contribution in [3.8, 4) is 0 Å². The first-order valence-corrected chi connectivity index (χ1v) is 29.4. The van der Waals surface area contributed by atoms with Gasteiger partial charge in [0.25, 0.3) is 0 Å². The summed E-state index contributed by atoms with van der Waals surface area (Å²) in [4.78, 5) is 23.1. The van der Waals surface area contributed by atoms with Crippen LogP contribution in [0.4, 0.5) is 0 Å². The molecule has 8 rings (SSSR count). The molecule has 26 nitrogen and oxygen atoms in total. The van der Waals surface area contributed by atoms with Gasteiger partial charge in [-0.2, -0.15) is 0 Å². The number of esters is 1. The Morgan fingerprint density at radius 3 is 1.72 bits per heavy atom. The largest absolute Gasteiger partial charge is 0.481 e. The van der Waals surface area contributed by atoms with E-state index in [2.05, 4.69) is 40.7 Å². The fraction of sp³-hybridized carbons (Fsp3) is 0.930. The van der Waals surface area contributed by atoms with E-state index in [0.717, 1.165) is 24.8 Å². The Balaban J connectivity index is 0.997. The molecule has 26 heteroatoms. The summed E-state index contributed by atoms with van der Waals surface area (Å²) in [5.41, 5.74) is -1.83.